The van der Waals surface area contributed by atoms with Gasteiger partial charge in [-0.3, -0.25) is 4.79 Å². The van der Waals surface area contributed by atoms with E-state index in [0.717, 1.165) is 0 Å². The average Bonchev–Trinajstić information content (AvgIpc) is 2.39. The summed E-state index contributed by atoms with van der Waals surface area (Å²) in [6.45, 7) is -0.0706. The maximum Gasteiger partial charge on any atom is 0.248 e. The van der Waals surface area contributed by atoms with E-state index in [2.05, 4.69) is 0 Å². The van der Waals surface area contributed by atoms with E-state index in [9.17, 15) is 9.18 Å². The number of carbonyl (C=O) groups excluding carboxylic acids is 1. The molecule has 2 aromatic carbocycles. The fourth-order valence-electron chi connectivity index (χ4n) is 1.64. The van der Waals surface area contributed by atoms with Gasteiger partial charge in [-0.05, 0) is 36.4 Å². The number of carbonyl (C=O) groups is 1. The van der Waals surface area contributed by atoms with Crippen molar-refractivity contribution in [1.82, 2.24) is 0 Å². The van der Waals surface area contributed by atoms with E-state index in [4.69, 9.17) is 27.8 Å². The van der Waals surface area contributed by atoms with Crippen LogP contribution in [0.1, 0.15) is 15.9 Å². The second-order valence-electron chi connectivity index (χ2n) is 4.14. The van der Waals surface area contributed by atoms with Gasteiger partial charge in [0.2, 0.25) is 5.91 Å². The summed E-state index contributed by atoms with van der Waals surface area (Å²) >= 11 is 5.77. The van der Waals surface area contributed by atoms with Crippen molar-refractivity contribution in [1.29, 1.82) is 0 Å². The Kier molecular flexibility index (Phi) is 4.10. The highest BCUT2D eigenvalue weighted by molar-refractivity contribution is 6.30. The number of nitrogens with two attached hydrogens (primary N) is 2. The van der Waals surface area contributed by atoms with Crippen LogP contribution in [-0.2, 0) is 6.61 Å². The molecule has 0 aromatic heterocycles. The monoisotopic (exact) mass is 294 g/mol. The first-order valence-corrected chi connectivity index (χ1v) is 6.11. The number of benzene rings is 2. The molecule has 0 fully saturated rings. The van der Waals surface area contributed by atoms with Crippen LogP contribution in [0.5, 0.6) is 5.75 Å². The maximum atomic E-state index is 13.6. The van der Waals surface area contributed by atoms with Crippen molar-refractivity contribution in [3.63, 3.8) is 0 Å². The molecule has 2 rings (SSSR count). The predicted octanol–water partition coefficient (Wildman–Crippen LogP) is 2.74. The lowest BCUT2D eigenvalue weighted by Crippen LogP contribution is -2.12. The van der Waals surface area contributed by atoms with Gasteiger partial charge < -0.3 is 16.2 Å². The van der Waals surface area contributed by atoms with Gasteiger partial charge in [0.05, 0.1) is 5.69 Å². The Balaban J connectivity index is 2.18. The molecule has 0 aliphatic rings. The Bertz CT molecular complexity index is 662. The van der Waals surface area contributed by atoms with Crippen LogP contribution in [-0.4, -0.2) is 5.91 Å². The molecule has 0 saturated carbocycles. The third kappa shape index (κ3) is 3.19. The summed E-state index contributed by atoms with van der Waals surface area (Å²) in [7, 11) is 0. The van der Waals surface area contributed by atoms with E-state index in [1.807, 2.05) is 0 Å². The Morgan fingerprint density at radius 3 is 2.65 bits per heavy atom. The average molecular weight is 295 g/mol. The molecule has 2 aromatic rings. The molecule has 1 amide bonds. The Morgan fingerprint density at radius 1 is 1.25 bits per heavy atom. The highest BCUT2D eigenvalue weighted by Gasteiger charge is 2.09. The third-order valence-electron chi connectivity index (χ3n) is 2.69. The number of anilines is 1. The molecule has 104 valence electrons. The van der Waals surface area contributed by atoms with Crippen molar-refractivity contribution >= 4 is 23.2 Å². The molecule has 4 N–H and O–H groups in total. The number of rotatable bonds is 4. The minimum atomic E-state index is -0.628. The molecule has 0 aliphatic carbocycles. The van der Waals surface area contributed by atoms with Crippen LogP contribution in [0.4, 0.5) is 10.1 Å². The second kappa shape index (κ2) is 5.79. The van der Waals surface area contributed by atoms with Gasteiger partial charge in [-0.15, -0.1) is 0 Å². The van der Waals surface area contributed by atoms with Crippen LogP contribution < -0.4 is 16.2 Å². The van der Waals surface area contributed by atoms with Crippen LogP contribution in [0.2, 0.25) is 5.02 Å². The molecule has 20 heavy (non-hydrogen) atoms. The number of halogens is 2. The molecule has 0 unspecified atom stereocenters. The molecule has 0 aliphatic heterocycles. The van der Waals surface area contributed by atoms with Gasteiger partial charge in [-0.25, -0.2) is 4.39 Å². The first-order valence-electron chi connectivity index (χ1n) is 5.73. The second-order valence-corrected chi connectivity index (χ2v) is 4.58. The van der Waals surface area contributed by atoms with Crippen LogP contribution in [0, 0.1) is 5.82 Å². The summed E-state index contributed by atoms with van der Waals surface area (Å²) in [5.41, 5.74) is 11.7. The molecule has 0 atom stereocenters. The number of hydrogen-bond donors (Lipinski definition) is 2. The number of nitrogen functional groups attached to an aromatic ring is 1. The first kappa shape index (κ1) is 14.1. The Morgan fingerprint density at radius 2 is 2.00 bits per heavy atom. The Hall–Kier alpha value is -2.27. The van der Waals surface area contributed by atoms with Gasteiger partial charge in [0.15, 0.2) is 0 Å². The van der Waals surface area contributed by atoms with E-state index < -0.39 is 11.7 Å². The van der Waals surface area contributed by atoms with Crippen molar-refractivity contribution in [2.24, 2.45) is 5.73 Å². The highest BCUT2D eigenvalue weighted by atomic mass is 35.5. The number of primary amides is 1. The largest absolute Gasteiger partial charge is 0.487 e. The van der Waals surface area contributed by atoms with Gasteiger partial charge in [-0.1, -0.05) is 11.6 Å². The topological polar surface area (TPSA) is 78.3 Å². The molecule has 4 nitrogen and oxygen atoms in total. The SMILES string of the molecule is NC(=O)c1ccc(F)c(COc2ccc(Cl)cc2N)c1. The summed E-state index contributed by atoms with van der Waals surface area (Å²) in [5, 5.41) is 0.483. The quantitative estimate of drug-likeness (QED) is 0.851. The van der Waals surface area contributed by atoms with Crippen molar-refractivity contribution in [2.75, 3.05) is 5.73 Å². The summed E-state index contributed by atoms with van der Waals surface area (Å²) < 4.78 is 19.0. The summed E-state index contributed by atoms with van der Waals surface area (Å²) in [6, 6.07) is 8.58. The molecule has 0 bridgehead atoms. The number of ether oxygens (including phenoxy) is 1. The van der Waals surface area contributed by atoms with Gasteiger partial charge in [0.25, 0.3) is 0 Å². The van der Waals surface area contributed by atoms with Crippen molar-refractivity contribution in [3.8, 4) is 5.75 Å². The zero-order valence-corrected chi connectivity index (χ0v) is 11.2. The fourth-order valence-corrected chi connectivity index (χ4v) is 1.83. The van der Waals surface area contributed by atoms with E-state index in [1.165, 1.54) is 24.3 Å². The first-order chi connectivity index (χ1) is 9.47. The molecule has 0 heterocycles. The standard InChI is InChI=1S/C14H12ClFN2O2/c15-10-2-4-13(12(17)6-10)20-7-9-5-8(14(18)19)1-3-11(9)16/h1-6H,7,17H2,(H2,18,19). The Labute approximate surface area is 120 Å². The predicted molar refractivity (Wildman–Crippen MR) is 75.1 cm³/mol. The van der Waals surface area contributed by atoms with Crippen LogP contribution in [0.15, 0.2) is 36.4 Å². The minimum absolute atomic E-state index is 0.0706. The zero-order chi connectivity index (χ0) is 14.7. The molecular formula is C14H12ClFN2O2. The van der Waals surface area contributed by atoms with Crippen LogP contribution in [0.25, 0.3) is 0 Å². The maximum absolute atomic E-state index is 13.6. The smallest absolute Gasteiger partial charge is 0.248 e. The molecular weight excluding hydrogens is 283 g/mol. The van der Waals surface area contributed by atoms with Crippen molar-refractivity contribution in [2.45, 2.75) is 6.61 Å². The summed E-state index contributed by atoms with van der Waals surface area (Å²) in [4.78, 5) is 11.1. The molecule has 0 spiro atoms. The molecule has 0 radical (unpaired) electrons. The van der Waals surface area contributed by atoms with Crippen LogP contribution in [0.3, 0.4) is 0 Å². The van der Waals surface area contributed by atoms with Gasteiger partial charge in [0, 0.05) is 16.1 Å². The lowest BCUT2D eigenvalue weighted by Gasteiger charge is -2.10. The molecule has 6 heteroatoms. The zero-order valence-electron chi connectivity index (χ0n) is 10.4. The fraction of sp³-hybridized carbons (Fsp3) is 0.0714. The normalized spacial score (nSPS) is 10.3. The van der Waals surface area contributed by atoms with Crippen molar-refractivity contribution < 1.29 is 13.9 Å². The van der Waals surface area contributed by atoms with Gasteiger partial charge in [-0.2, -0.15) is 0 Å². The molecule has 0 saturated heterocycles. The number of hydrogen-bond acceptors (Lipinski definition) is 3. The van der Waals surface area contributed by atoms with E-state index in [-0.39, 0.29) is 17.7 Å². The van der Waals surface area contributed by atoms with E-state index in [0.29, 0.717) is 16.5 Å². The minimum Gasteiger partial charge on any atom is -0.487 e. The lowest BCUT2D eigenvalue weighted by molar-refractivity contribution is 0.1000. The van der Waals surface area contributed by atoms with Crippen LogP contribution >= 0.6 is 11.6 Å². The van der Waals surface area contributed by atoms with E-state index in [1.54, 1.807) is 12.1 Å². The van der Waals surface area contributed by atoms with E-state index >= 15 is 0 Å². The highest BCUT2D eigenvalue weighted by Crippen LogP contribution is 2.26. The lowest BCUT2D eigenvalue weighted by atomic mass is 10.1. The summed E-state index contributed by atoms with van der Waals surface area (Å²) in [5.74, 6) is -0.724. The third-order valence-corrected chi connectivity index (χ3v) is 2.92. The van der Waals surface area contributed by atoms with Gasteiger partial charge in [0.1, 0.15) is 18.2 Å². The van der Waals surface area contributed by atoms with Crippen molar-refractivity contribution in [3.05, 3.63) is 58.4 Å². The van der Waals surface area contributed by atoms with Gasteiger partial charge >= 0.3 is 0 Å². The summed E-state index contributed by atoms with van der Waals surface area (Å²) in [6.07, 6.45) is 0. The number of amides is 1.